The Hall–Kier alpha value is -0.810. The van der Waals surface area contributed by atoms with Crippen molar-refractivity contribution in [1.29, 1.82) is 0 Å². The summed E-state index contributed by atoms with van der Waals surface area (Å²) in [6.07, 6.45) is 2.40. The molecule has 2 rings (SSSR count). The lowest BCUT2D eigenvalue weighted by molar-refractivity contribution is 0.0676. The van der Waals surface area contributed by atoms with Gasteiger partial charge in [-0.05, 0) is 25.0 Å². The van der Waals surface area contributed by atoms with Crippen LogP contribution in [0.3, 0.4) is 0 Å². The molecule has 1 fully saturated rings. The van der Waals surface area contributed by atoms with Crippen molar-refractivity contribution in [3.8, 4) is 5.75 Å². The SMILES string of the molecule is COCCNCc1c(Cl)cccc1OCC1CCCO1. The van der Waals surface area contributed by atoms with E-state index in [2.05, 4.69) is 5.32 Å². The molecule has 1 aromatic carbocycles. The van der Waals surface area contributed by atoms with Crippen molar-refractivity contribution >= 4 is 11.6 Å². The van der Waals surface area contributed by atoms with Crippen LogP contribution in [0.1, 0.15) is 18.4 Å². The number of rotatable bonds is 8. The summed E-state index contributed by atoms with van der Waals surface area (Å²) in [6, 6.07) is 5.74. The van der Waals surface area contributed by atoms with Crippen molar-refractivity contribution in [3.63, 3.8) is 0 Å². The lowest BCUT2D eigenvalue weighted by atomic mass is 10.2. The molecule has 1 N–H and O–H groups in total. The van der Waals surface area contributed by atoms with Crippen LogP contribution < -0.4 is 10.1 Å². The number of halogens is 1. The summed E-state index contributed by atoms with van der Waals surface area (Å²) < 4.78 is 16.5. The zero-order valence-corrected chi connectivity index (χ0v) is 12.6. The van der Waals surface area contributed by atoms with Gasteiger partial charge in [0.05, 0.1) is 12.7 Å². The molecular weight excluding hydrogens is 278 g/mol. The second kappa shape index (κ2) is 8.47. The number of benzene rings is 1. The highest BCUT2D eigenvalue weighted by Crippen LogP contribution is 2.27. The summed E-state index contributed by atoms with van der Waals surface area (Å²) >= 11 is 6.26. The average molecular weight is 300 g/mol. The normalized spacial score (nSPS) is 18.4. The van der Waals surface area contributed by atoms with Crippen LogP contribution >= 0.6 is 11.6 Å². The van der Waals surface area contributed by atoms with E-state index in [0.29, 0.717) is 19.8 Å². The number of methoxy groups -OCH3 is 1. The van der Waals surface area contributed by atoms with Crippen LogP contribution in [-0.2, 0) is 16.0 Å². The minimum atomic E-state index is 0.211. The van der Waals surface area contributed by atoms with Crippen molar-refractivity contribution in [2.75, 3.05) is 33.5 Å². The zero-order valence-electron chi connectivity index (χ0n) is 11.9. The fourth-order valence-electron chi connectivity index (χ4n) is 2.19. The highest BCUT2D eigenvalue weighted by atomic mass is 35.5. The van der Waals surface area contributed by atoms with Gasteiger partial charge in [-0.25, -0.2) is 0 Å². The number of ether oxygens (including phenoxy) is 3. The van der Waals surface area contributed by atoms with Crippen LogP contribution in [-0.4, -0.2) is 39.6 Å². The lowest BCUT2D eigenvalue weighted by Gasteiger charge is -2.16. The Morgan fingerprint density at radius 3 is 3.10 bits per heavy atom. The van der Waals surface area contributed by atoms with E-state index in [-0.39, 0.29) is 6.10 Å². The maximum absolute atomic E-state index is 6.26. The zero-order chi connectivity index (χ0) is 14.2. The number of hydrogen-bond acceptors (Lipinski definition) is 4. The van der Waals surface area contributed by atoms with Gasteiger partial charge in [0.2, 0.25) is 0 Å². The van der Waals surface area contributed by atoms with Crippen molar-refractivity contribution in [2.24, 2.45) is 0 Å². The maximum atomic E-state index is 6.26. The summed E-state index contributed by atoms with van der Waals surface area (Å²) in [4.78, 5) is 0. The molecule has 0 radical (unpaired) electrons. The smallest absolute Gasteiger partial charge is 0.125 e. The minimum Gasteiger partial charge on any atom is -0.490 e. The van der Waals surface area contributed by atoms with E-state index in [1.54, 1.807) is 7.11 Å². The second-order valence-electron chi connectivity index (χ2n) is 4.83. The predicted octanol–water partition coefficient (Wildman–Crippen LogP) is 2.63. The lowest BCUT2D eigenvalue weighted by Crippen LogP contribution is -2.21. The Morgan fingerprint density at radius 1 is 1.45 bits per heavy atom. The molecule has 1 saturated heterocycles. The fraction of sp³-hybridized carbons (Fsp3) is 0.600. The largest absolute Gasteiger partial charge is 0.490 e. The second-order valence-corrected chi connectivity index (χ2v) is 5.24. The van der Waals surface area contributed by atoms with E-state index in [1.165, 1.54) is 0 Å². The Kier molecular flexibility index (Phi) is 6.60. The number of nitrogens with one attached hydrogen (secondary N) is 1. The Labute approximate surface area is 125 Å². The standard InChI is InChI=1S/C15H22ClNO3/c1-18-9-7-17-10-13-14(16)5-2-6-15(13)20-11-12-4-3-8-19-12/h2,5-6,12,17H,3-4,7-11H2,1H3. The molecule has 0 bridgehead atoms. The van der Waals surface area contributed by atoms with Gasteiger partial charge in [0, 0.05) is 37.4 Å². The summed E-state index contributed by atoms with van der Waals surface area (Å²) in [6.45, 7) is 3.56. The molecule has 5 heteroatoms. The first-order valence-corrected chi connectivity index (χ1v) is 7.40. The summed E-state index contributed by atoms with van der Waals surface area (Å²) in [5, 5.41) is 4.01. The van der Waals surface area contributed by atoms with Crippen molar-refractivity contribution in [3.05, 3.63) is 28.8 Å². The Bertz CT molecular complexity index is 408. The van der Waals surface area contributed by atoms with E-state index in [0.717, 1.165) is 42.3 Å². The van der Waals surface area contributed by atoms with Crippen LogP contribution in [0.15, 0.2) is 18.2 Å². The van der Waals surface area contributed by atoms with Gasteiger partial charge >= 0.3 is 0 Å². The Balaban J connectivity index is 1.90. The molecule has 1 heterocycles. The van der Waals surface area contributed by atoms with E-state index in [9.17, 15) is 0 Å². The van der Waals surface area contributed by atoms with Crippen LogP contribution in [0, 0.1) is 0 Å². The van der Waals surface area contributed by atoms with Crippen molar-refractivity contribution in [1.82, 2.24) is 5.32 Å². The van der Waals surface area contributed by atoms with Gasteiger partial charge in [-0.2, -0.15) is 0 Å². The monoisotopic (exact) mass is 299 g/mol. The topological polar surface area (TPSA) is 39.7 Å². The first-order valence-electron chi connectivity index (χ1n) is 7.02. The first kappa shape index (κ1) is 15.6. The third-order valence-electron chi connectivity index (χ3n) is 3.31. The first-order chi connectivity index (χ1) is 9.81. The van der Waals surface area contributed by atoms with Gasteiger partial charge in [-0.15, -0.1) is 0 Å². The average Bonchev–Trinajstić information content (AvgIpc) is 2.96. The summed E-state index contributed by atoms with van der Waals surface area (Å²) in [7, 11) is 1.69. The molecule has 1 aromatic rings. The molecule has 112 valence electrons. The Morgan fingerprint density at radius 2 is 2.35 bits per heavy atom. The summed E-state index contributed by atoms with van der Waals surface area (Å²) in [5.41, 5.74) is 0.989. The van der Waals surface area contributed by atoms with E-state index < -0.39 is 0 Å². The molecule has 4 nitrogen and oxygen atoms in total. The van der Waals surface area contributed by atoms with Crippen LogP contribution in [0.25, 0.3) is 0 Å². The van der Waals surface area contributed by atoms with Crippen molar-refractivity contribution in [2.45, 2.75) is 25.5 Å². The van der Waals surface area contributed by atoms with Crippen LogP contribution in [0.5, 0.6) is 5.75 Å². The molecule has 1 atom stereocenters. The van der Waals surface area contributed by atoms with E-state index >= 15 is 0 Å². The highest BCUT2D eigenvalue weighted by molar-refractivity contribution is 6.31. The molecule has 0 aromatic heterocycles. The van der Waals surface area contributed by atoms with E-state index in [1.807, 2.05) is 18.2 Å². The van der Waals surface area contributed by atoms with E-state index in [4.69, 9.17) is 25.8 Å². The van der Waals surface area contributed by atoms with Gasteiger partial charge in [-0.1, -0.05) is 17.7 Å². The molecule has 20 heavy (non-hydrogen) atoms. The highest BCUT2D eigenvalue weighted by Gasteiger charge is 2.17. The van der Waals surface area contributed by atoms with Crippen LogP contribution in [0.2, 0.25) is 5.02 Å². The third kappa shape index (κ3) is 4.63. The van der Waals surface area contributed by atoms with Gasteiger partial charge in [-0.3, -0.25) is 0 Å². The molecular formula is C15H22ClNO3. The van der Waals surface area contributed by atoms with Gasteiger partial charge in [0.25, 0.3) is 0 Å². The van der Waals surface area contributed by atoms with Crippen LogP contribution in [0.4, 0.5) is 0 Å². The molecule has 0 aliphatic carbocycles. The van der Waals surface area contributed by atoms with Gasteiger partial charge < -0.3 is 19.5 Å². The number of hydrogen-bond donors (Lipinski definition) is 1. The molecule has 1 unspecified atom stereocenters. The molecule has 0 amide bonds. The van der Waals surface area contributed by atoms with Gasteiger partial charge in [0.15, 0.2) is 0 Å². The maximum Gasteiger partial charge on any atom is 0.125 e. The van der Waals surface area contributed by atoms with Gasteiger partial charge in [0.1, 0.15) is 12.4 Å². The quantitative estimate of drug-likeness (QED) is 0.749. The summed E-state index contributed by atoms with van der Waals surface area (Å²) in [5.74, 6) is 0.831. The fourth-order valence-corrected chi connectivity index (χ4v) is 2.42. The molecule has 1 aliphatic heterocycles. The predicted molar refractivity (Wildman–Crippen MR) is 79.5 cm³/mol. The molecule has 0 spiro atoms. The molecule has 0 saturated carbocycles. The molecule has 1 aliphatic rings. The van der Waals surface area contributed by atoms with Crippen molar-refractivity contribution < 1.29 is 14.2 Å². The minimum absolute atomic E-state index is 0.211. The third-order valence-corrected chi connectivity index (χ3v) is 3.66.